The van der Waals surface area contributed by atoms with Gasteiger partial charge in [-0.2, -0.15) is 18.2 Å². The van der Waals surface area contributed by atoms with E-state index in [2.05, 4.69) is 24.1 Å². The number of fused-ring (bicyclic) bond motifs is 3. The van der Waals surface area contributed by atoms with Crippen molar-refractivity contribution in [2.75, 3.05) is 25.6 Å². The van der Waals surface area contributed by atoms with Gasteiger partial charge in [0.25, 0.3) is 5.91 Å². The van der Waals surface area contributed by atoms with E-state index in [-0.39, 0.29) is 17.4 Å². The molecule has 0 unspecified atom stereocenters. The average Bonchev–Trinajstić information content (AvgIpc) is 3.53. The Morgan fingerprint density at radius 1 is 1.18 bits per heavy atom. The highest BCUT2D eigenvalue weighted by atomic mass is 19.4. The maximum atomic E-state index is 13.8. The van der Waals surface area contributed by atoms with E-state index in [1.165, 1.54) is 13.0 Å². The van der Waals surface area contributed by atoms with Crippen molar-refractivity contribution in [1.29, 1.82) is 0 Å². The SMILES string of the molecule is COC1(C(=O)N2Cc3c(N[C@H](C)c4cccc(C(F)(F)F)c4C)nc4ncc(C(C)C)n4c3C2)CCOCC1. The summed E-state index contributed by atoms with van der Waals surface area (Å²) >= 11 is 0. The number of amides is 1. The molecule has 4 heterocycles. The zero-order valence-electron chi connectivity index (χ0n) is 22.9. The van der Waals surface area contributed by atoms with Gasteiger partial charge in [0.05, 0.1) is 36.6 Å². The quantitative estimate of drug-likeness (QED) is 0.447. The molecule has 2 aliphatic heterocycles. The summed E-state index contributed by atoms with van der Waals surface area (Å²) in [6.07, 6.45) is -1.70. The molecule has 1 fully saturated rings. The van der Waals surface area contributed by atoms with Gasteiger partial charge in [-0.25, -0.2) is 4.98 Å². The van der Waals surface area contributed by atoms with Crippen molar-refractivity contribution in [2.45, 2.75) is 77.4 Å². The number of hydrogen-bond donors (Lipinski definition) is 1. The lowest BCUT2D eigenvalue weighted by atomic mass is 9.92. The second kappa shape index (κ2) is 10.1. The molecule has 11 heteroatoms. The molecule has 8 nitrogen and oxygen atoms in total. The van der Waals surface area contributed by atoms with Crippen LogP contribution < -0.4 is 5.32 Å². The smallest absolute Gasteiger partial charge is 0.381 e. The number of aromatic nitrogens is 3. The molecular formula is C28H34F3N5O3. The number of halogens is 3. The lowest BCUT2D eigenvalue weighted by Gasteiger charge is -2.37. The van der Waals surface area contributed by atoms with Crippen LogP contribution in [0.4, 0.5) is 19.0 Å². The van der Waals surface area contributed by atoms with E-state index in [0.717, 1.165) is 23.0 Å². The Hall–Kier alpha value is -3.18. The van der Waals surface area contributed by atoms with E-state index in [1.807, 2.05) is 11.3 Å². The Bertz CT molecular complexity index is 1400. The summed E-state index contributed by atoms with van der Waals surface area (Å²) in [6, 6.07) is 3.73. The number of benzene rings is 1. The van der Waals surface area contributed by atoms with Gasteiger partial charge in [0.15, 0.2) is 5.60 Å². The molecule has 39 heavy (non-hydrogen) atoms. The van der Waals surface area contributed by atoms with Gasteiger partial charge in [-0.15, -0.1) is 0 Å². The molecule has 2 aliphatic rings. The molecule has 5 rings (SSSR count). The van der Waals surface area contributed by atoms with Gasteiger partial charge in [0.1, 0.15) is 5.82 Å². The van der Waals surface area contributed by atoms with Gasteiger partial charge < -0.3 is 19.7 Å². The molecule has 0 bridgehead atoms. The summed E-state index contributed by atoms with van der Waals surface area (Å²) in [4.78, 5) is 24.9. The number of nitrogens with zero attached hydrogens (tertiary/aromatic N) is 4. The molecule has 1 saturated heterocycles. The molecule has 1 N–H and O–H groups in total. The minimum Gasteiger partial charge on any atom is -0.381 e. The highest BCUT2D eigenvalue weighted by molar-refractivity contribution is 5.86. The van der Waals surface area contributed by atoms with Crippen LogP contribution in [0, 0.1) is 6.92 Å². The number of carbonyl (C=O) groups is 1. The first kappa shape index (κ1) is 27.4. The van der Waals surface area contributed by atoms with E-state index in [0.29, 0.717) is 56.3 Å². The minimum absolute atomic E-state index is 0.100. The molecule has 0 saturated carbocycles. The van der Waals surface area contributed by atoms with Crippen LogP contribution in [-0.4, -0.2) is 51.1 Å². The maximum Gasteiger partial charge on any atom is 0.416 e. The molecule has 0 spiro atoms. The van der Waals surface area contributed by atoms with E-state index >= 15 is 0 Å². The van der Waals surface area contributed by atoms with E-state index in [4.69, 9.17) is 14.5 Å². The lowest BCUT2D eigenvalue weighted by molar-refractivity contribution is -0.167. The number of methoxy groups -OCH3 is 1. The lowest BCUT2D eigenvalue weighted by Crippen LogP contribution is -2.51. The van der Waals surface area contributed by atoms with Gasteiger partial charge in [-0.05, 0) is 37.0 Å². The summed E-state index contributed by atoms with van der Waals surface area (Å²) in [5.41, 5.74) is 1.79. The number of carbonyl (C=O) groups excluding carboxylic acids is 1. The molecule has 0 radical (unpaired) electrons. The first-order valence-electron chi connectivity index (χ1n) is 13.2. The van der Waals surface area contributed by atoms with E-state index in [1.54, 1.807) is 24.3 Å². The third-order valence-electron chi connectivity index (χ3n) is 8.04. The fraction of sp³-hybridized carbons (Fsp3) is 0.536. The average molecular weight is 546 g/mol. The standard InChI is InChI=1S/C28H34F3N5O3/c1-16(2)22-13-32-26-34-24(33-18(4)19-7-6-8-21(17(19)3)28(29,30)31)20-14-35(15-23(20)36(22)26)25(37)27(38-5)9-11-39-12-10-27/h6-8,13,16,18H,9-12,14-15H2,1-5H3,(H,32,33,34)/t18-/m1/s1. The number of nitrogens with one attached hydrogen (secondary N) is 1. The number of hydrogen-bond acceptors (Lipinski definition) is 6. The Morgan fingerprint density at radius 3 is 2.54 bits per heavy atom. The molecule has 1 aromatic carbocycles. The first-order valence-corrected chi connectivity index (χ1v) is 13.2. The van der Waals surface area contributed by atoms with Gasteiger partial charge in [-0.1, -0.05) is 26.0 Å². The van der Waals surface area contributed by atoms with Crippen molar-refractivity contribution in [2.24, 2.45) is 0 Å². The van der Waals surface area contributed by atoms with Crippen molar-refractivity contribution in [3.05, 3.63) is 58.0 Å². The van der Waals surface area contributed by atoms with Crippen LogP contribution in [0.5, 0.6) is 0 Å². The largest absolute Gasteiger partial charge is 0.416 e. The van der Waals surface area contributed by atoms with Crippen molar-refractivity contribution in [1.82, 2.24) is 19.3 Å². The molecule has 0 aliphatic carbocycles. The van der Waals surface area contributed by atoms with E-state index in [9.17, 15) is 18.0 Å². The fourth-order valence-electron chi connectivity index (χ4n) is 5.79. The van der Waals surface area contributed by atoms with Crippen molar-refractivity contribution >= 4 is 17.5 Å². The molecule has 210 valence electrons. The van der Waals surface area contributed by atoms with Crippen LogP contribution in [0.2, 0.25) is 0 Å². The number of alkyl halides is 3. The second-order valence-corrected chi connectivity index (χ2v) is 10.7. The predicted molar refractivity (Wildman–Crippen MR) is 139 cm³/mol. The van der Waals surface area contributed by atoms with E-state index < -0.39 is 23.4 Å². The van der Waals surface area contributed by atoms with Crippen LogP contribution in [0.1, 0.15) is 79.2 Å². The van der Waals surface area contributed by atoms with Crippen LogP contribution in [-0.2, 0) is 33.5 Å². The van der Waals surface area contributed by atoms with Crippen molar-refractivity contribution < 1.29 is 27.4 Å². The van der Waals surface area contributed by atoms with Gasteiger partial charge >= 0.3 is 6.18 Å². The van der Waals surface area contributed by atoms with Crippen molar-refractivity contribution in [3.8, 4) is 0 Å². The molecule has 1 atom stereocenters. The number of rotatable bonds is 6. The number of ether oxygens (including phenoxy) is 2. The van der Waals surface area contributed by atoms with Crippen LogP contribution >= 0.6 is 0 Å². The van der Waals surface area contributed by atoms with Crippen LogP contribution in [0.15, 0.2) is 24.4 Å². The monoisotopic (exact) mass is 545 g/mol. The highest BCUT2D eigenvalue weighted by Crippen LogP contribution is 2.38. The number of imidazole rings is 1. The van der Waals surface area contributed by atoms with Crippen LogP contribution in [0.3, 0.4) is 0 Å². The second-order valence-electron chi connectivity index (χ2n) is 10.7. The van der Waals surface area contributed by atoms with Gasteiger partial charge in [0, 0.05) is 44.4 Å². The normalized spacial score (nSPS) is 18.0. The third-order valence-corrected chi connectivity index (χ3v) is 8.04. The highest BCUT2D eigenvalue weighted by Gasteiger charge is 2.45. The summed E-state index contributed by atoms with van der Waals surface area (Å²) in [5, 5.41) is 3.35. The summed E-state index contributed by atoms with van der Waals surface area (Å²) < 4.78 is 54.0. The number of anilines is 1. The Balaban J connectivity index is 1.54. The molecule has 1 amide bonds. The minimum atomic E-state index is -4.44. The molecule has 2 aromatic heterocycles. The summed E-state index contributed by atoms with van der Waals surface area (Å²) in [5.74, 6) is 1.06. The Kier molecular flexibility index (Phi) is 7.09. The van der Waals surface area contributed by atoms with Gasteiger partial charge in [0.2, 0.25) is 5.78 Å². The molecular weight excluding hydrogens is 511 g/mol. The summed E-state index contributed by atoms with van der Waals surface area (Å²) in [6.45, 7) is 8.99. The van der Waals surface area contributed by atoms with Crippen molar-refractivity contribution in [3.63, 3.8) is 0 Å². The predicted octanol–water partition coefficient (Wildman–Crippen LogP) is 5.39. The molecule has 3 aromatic rings. The third kappa shape index (κ3) is 4.75. The zero-order valence-corrected chi connectivity index (χ0v) is 22.9. The Morgan fingerprint density at radius 2 is 1.90 bits per heavy atom. The first-order chi connectivity index (χ1) is 18.5. The zero-order chi connectivity index (χ0) is 28.1. The topological polar surface area (TPSA) is 81.0 Å². The summed E-state index contributed by atoms with van der Waals surface area (Å²) in [7, 11) is 1.56. The maximum absolute atomic E-state index is 13.8. The van der Waals surface area contributed by atoms with Crippen LogP contribution in [0.25, 0.3) is 5.78 Å². The van der Waals surface area contributed by atoms with Gasteiger partial charge in [-0.3, -0.25) is 9.20 Å². The Labute approximate surface area is 225 Å². The fourth-order valence-corrected chi connectivity index (χ4v) is 5.79.